The van der Waals surface area contributed by atoms with Gasteiger partial charge < -0.3 is 5.11 Å². The first kappa shape index (κ1) is 11.6. The van der Waals surface area contributed by atoms with E-state index in [-0.39, 0.29) is 5.92 Å². The molecule has 1 heterocycles. The molecule has 0 aliphatic heterocycles. The zero-order valence-electron chi connectivity index (χ0n) is 9.43. The Labute approximate surface area is 99.7 Å². The molecule has 1 aromatic rings. The van der Waals surface area contributed by atoms with E-state index in [1.54, 1.807) is 18.3 Å². The average Bonchev–Trinajstić information content (AvgIpc) is 2.97. The molecule has 16 heavy (non-hydrogen) atoms. The average molecular weight is 239 g/mol. The van der Waals surface area contributed by atoms with Crippen LogP contribution in [0.1, 0.15) is 24.6 Å². The molecule has 0 amide bonds. The molecule has 2 rings (SSSR count). The van der Waals surface area contributed by atoms with Crippen LogP contribution in [0.5, 0.6) is 0 Å². The minimum atomic E-state index is -0.697. The molecule has 0 aromatic carbocycles. The summed E-state index contributed by atoms with van der Waals surface area (Å²) in [5.41, 5.74) is 0. The summed E-state index contributed by atoms with van der Waals surface area (Å²) in [6.07, 6.45) is 2.44. The first-order chi connectivity index (χ1) is 7.66. The fourth-order valence-corrected chi connectivity index (χ4v) is 2.54. The second-order valence-electron chi connectivity index (χ2n) is 4.48. The lowest BCUT2D eigenvalue weighted by Crippen LogP contribution is -2.32. The van der Waals surface area contributed by atoms with Gasteiger partial charge in [0.15, 0.2) is 0 Å². The van der Waals surface area contributed by atoms with Crippen molar-refractivity contribution in [2.24, 2.45) is 5.92 Å². The Kier molecular flexibility index (Phi) is 3.61. The Morgan fingerprint density at radius 1 is 1.69 bits per heavy atom. The van der Waals surface area contributed by atoms with E-state index in [4.69, 9.17) is 5.11 Å². The van der Waals surface area contributed by atoms with Crippen LogP contribution >= 0.6 is 11.3 Å². The van der Waals surface area contributed by atoms with Crippen molar-refractivity contribution in [2.45, 2.75) is 32.4 Å². The molecule has 1 atom stereocenters. The zero-order valence-corrected chi connectivity index (χ0v) is 10.2. The monoisotopic (exact) mass is 239 g/mol. The first-order valence-corrected chi connectivity index (χ1v) is 6.54. The molecule has 88 valence electrons. The van der Waals surface area contributed by atoms with Gasteiger partial charge in [-0.15, -0.1) is 11.3 Å². The molecule has 0 saturated heterocycles. The normalized spacial score (nSPS) is 17.6. The highest BCUT2D eigenvalue weighted by atomic mass is 32.1. The van der Waals surface area contributed by atoms with Crippen LogP contribution in [0.2, 0.25) is 0 Å². The van der Waals surface area contributed by atoms with E-state index >= 15 is 0 Å². The molecule has 1 fully saturated rings. The SMILES string of the molecule is CC(CN(Cc1cccs1)C1CC1)C(=O)O. The minimum absolute atomic E-state index is 0.277. The first-order valence-electron chi connectivity index (χ1n) is 5.66. The van der Waals surface area contributed by atoms with E-state index in [0.29, 0.717) is 12.6 Å². The standard InChI is InChI=1S/C12H17NO2S/c1-9(12(14)15)7-13(10-4-5-10)8-11-3-2-6-16-11/h2-3,6,9-10H,4-5,7-8H2,1H3,(H,14,15). The van der Waals surface area contributed by atoms with E-state index in [9.17, 15) is 4.79 Å². The third-order valence-electron chi connectivity index (χ3n) is 2.93. The minimum Gasteiger partial charge on any atom is -0.481 e. The summed E-state index contributed by atoms with van der Waals surface area (Å²) in [6.45, 7) is 3.35. The Bertz CT molecular complexity index is 346. The molecule has 3 nitrogen and oxygen atoms in total. The molecule has 0 radical (unpaired) electrons. The molecule has 4 heteroatoms. The van der Waals surface area contributed by atoms with Crippen molar-refractivity contribution >= 4 is 17.3 Å². The largest absolute Gasteiger partial charge is 0.481 e. The number of nitrogens with zero attached hydrogens (tertiary/aromatic N) is 1. The van der Waals surface area contributed by atoms with Crippen LogP contribution in [0.3, 0.4) is 0 Å². The summed E-state index contributed by atoms with van der Waals surface area (Å²) < 4.78 is 0. The fourth-order valence-electron chi connectivity index (χ4n) is 1.81. The summed E-state index contributed by atoms with van der Waals surface area (Å²) >= 11 is 1.74. The molecule has 1 aromatic heterocycles. The lowest BCUT2D eigenvalue weighted by molar-refractivity contribution is -0.141. The van der Waals surface area contributed by atoms with Crippen molar-refractivity contribution in [3.8, 4) is 0 Å². The number of carbonyl (C=O) groups is 1. The number of carboxylic acids is 1. The van der Waals surface area contributed by atoms with Gasteiger partial charge in [-0.2, -0.15) is 0 Å². The van der Waals surface area contributed by atoms with E-state index in [0.717, 1.165) is 6.54 Å². The van der Waals surface area contributed by atoms with Crippen molar-refractivity contribution in [3.05, 3.63) is 22.4 Å². The summed E-state index contributed by atoms with van der Waals surface area (Å²) in [4.78, 5) is 14.5. The van der Waals surface area contributed by atoms with Crippen LogP contribution in [0.25, 0.3) is 0 Å². The van der Waals surface area contributed by atoms with Crippen LogP contribution in [-0.4, -0.2) is 28.6 Å². The van der Waals surface area contributed by atoms with E-state index in [2.05, 4.69) is 16.3 Å². The van der Waals surface area contributed by atoms with Crippen LogP contribution in [-0.2, 0) is 11.3 Å². The van der Waals surface area contributed by atoms with Gasteiger partial charge in [-0.25, -0.2) is 0 Å². The Balaban J connectivity index is 1.92. The second-order valence-corrected chi connectivity index (χ2v) is 5.51. The number of aliphatic carboxylic acids is 1. The van der Waals surface area contributed by atoms with Gasteiger partial charge in [0.05, 0.1) is 5.92 Å². The van der Waals surface area contributed by atoms with Crippen LogP contribution in [0.15, 0.2) is 17.5 Å². The molecular formula is C12H17NO2S. The number of hydrogen-bond donors (Lipinski definition) is 1. The smallest absolute Gasteiger partial charge is 0.307 e. The highest BCUT2D eigenvalue weighted by Gasteiger charge is 2.31. The molecule has 1 aliphatic rings. The van der Waals surface area contributed by atoms with Crippen molar-refractivity contribution in [1.29, 1.82) is 0 Å². The second kappa shape index (κ2) is 4.97. The summed E-state index contributed by atoms with van der Waals surface area (Å²) in [6, 6.07) is 4.78. The topological polar surface area (TPSA) is 40.5 Å². The summed E-state index contributed by atoms with van der Waals surface area (Å²) in [7, 11) is 0. The predicted molar refractivity (Wildman–Crippen MR) is 64.6 cm³/mol. The van der Waals surface area contributed by atoms with Gasteiger partial charge in [0.2, 0.25) is 0 Å². The van der Waals surface area contributed by atoms with Crippen LogP contribution in [0.4, 0.5) is 0 Å². The summed E-state index contributed by atoms with van der Waals surface area (Å²) in [5, 5.41) is 11.0. The van der Waals surface area contributed by atoms with Gasteiger partial charge in [0, 0.05) is 24.0 Å². The Morgan fingerprint density at radius 2 is 2.44 bits per heavy atom. The van der Waals surface area contributed by atoms with E-state index in [1.807, 2.05) is 6.07 Å². The molecule has 1 unspecified atom stereocenters. The lowest BCUT2D eigenvalue weighted by Gasteiger charge is -2.23. The van der Waals surface area contributed by atoms with Gasteiger partial charge in [-0.05, 0) is 24.3 Å². The van der Waals surface area contributed by atoms with Gasteiger partial charge in [-0.3, -0.25) is 9.69 Å². The van der Waals surface area contributed by atoms with Gasteiger partial charge in [-0.1, -0.05) is 13.0 Å². The number of hydrogen-bond acceptors (Lipinski definition) is 3. The quantitative estimate of drug-likeness (QED) is 0.829. The maximum atomic E-state index is 10.9. The highest BCUT2D eigenvalue weighted by Crippen LogP contribution is 2.29. The number of thiophene rings is 1. The van der Waals surface area contributed by atoms with Gasteiger partial charge >= 0.3 is 5.97 Å². The molecule has 1 aliphatic carbocycles. The maximum absolute atomic E-state index is 10.9. The third kappa shape index (κ3) is 3.06. The predicted octanol–water partition coefficient (Wildman–Crippen LogP) is 2.43. The van der Waals surface area contributed by atoms with Crippen LogP contribution < -0.4 is 0 Å². The molecule has 1 saturated carbocycles. The highest BCUT2D eigenvalue weighted by molar-refractivity contribution is 7.09. The van der Waals surface area contributed by atoms with Crippen molar-refractivity contribution < 1.29 is 9.90 Å². The third-order valence-corrected chi connectivity index (χ3v) is 3.79. The van der Waals surface area contributed by atoms with Crippen molar-refractivity contribution in [3.63, 3.8) is 0 Å². The summed E-state index contributed by atoms with van der Waals surface area (Å²) in [5.74, 6) is -0.975. The van der Waals surface area contributed by atoms with E-state index < -0.39 is 5.97 Å². The lowest BCUT2D eigenvalue weighted by atomic mass is 10.1. The molecule has 0 bridgehead atoms. The zero-order chi connectivity index (χ0) is 11.5. The van der Waals surface area contributed by atoms with Gasteiger partial charge in [0.1, 0.15) is 0 Å². The fraction of sp³-hybridized carbons (Fsp3) is 0.583. The number of rotatable bonds is 6. The van der Waals surface area contributed by atoms with Gasteiger partial charge in [0.25, 0.3) is 0 Å². The molecule has 1 N–H and O–H groups in total. The van der Waals surface area contributed by atoms with E-state index in [1.165, 1.54) is 17.7 Å². The van der Waals surface area contributed by atoms with Crippen molar-refractivity contribution in [2.75, 3.05) is 6.54 Å². The maximum Gasteiger partial charge on any atom is 0.307 e. The Morgan fingerprint density at radius 3 is 2.94 bits per heavy atom. The van der Waals surface area contributed by atoms with Crippen molar-refractivity contribution in [1.82, 2.24) is 4.90 Å². The molecular weight excluding hydrogens is 222 g/mol. The molecule has 0 spiro atoms. The Hall–Kier alpha value is -0.870. The number of carboxylic acid groups (broad SMARTS) is 1. The van der Waals surface area contributed by atoms with Crippen LogP contribution in [0, 0.1) is 5.92 Å².